The van der Waals surface area contributed by atoms with E-state index in [2.05, 4.69) is 0 Å². The minimum absolute atomic E-state index is 0.0595. The molecule has 0 aliphatic carbocycles. The number of benzene rings is 1. The molecule has 1 rings (SSSR count). The molecule has 0 saturated carbocycles. The number of hydrogen-bond donors (Lipinski definition) is 1. The van der Waals surface area contributed by atoms with Gasteiger partial charge in [-0.05, 0) is 31.9 Å². The maximum atomic E-state index is 13.1. The lowest BCUT2D eigenvalue weighted by molar-refractivity contribution is -0.385. The Balaban J connectivity index is 3.03. The van der Waals surface area contributed by atoms with Gasteiger partial charge in [-0.15, -0.1) is 0 Å². The SMILES string of the molecule is CC(=O)C(CCO)Cc1cc(F)ccc1[N+](=O)[O-]. The average Bonchev–Trinajstić information content (AvgIpc) is 2.28. The molecule has 1 atom stereocenters. The van der Waals surface area contributed by atoms with E-state index in [0.717, 1.165) is 18.2 Å². The van der Waals surface area contributed by atoms with Crippen LogP contribution in [0.2, 0.25) is 0 Å². The fourth-order valence-corrected chi connectivity index (χ4v) is 1.77. The van der Waals surface area contributed by atoms with Crippen molar-refractivity contribution < 1.29 is 19.2 Å². The molecule has 0 saturated heterocycles. The van der Waals surface area contributed by atoms with E-state index in [-0.39, 0.29) is 36.5 Å². The third kappa shape index (κ3) is 3.59. The average molecular weight is 255 g/mol. The Labute approximate surface area is 103 Å². The summed E-state index contributed by atoms with van der Waals surface area (Å²) in [6.45, 7) is 1.17. The van der Waals surface area contributed by atoms with Crippen molar-refractivity contribution in [2.24, 2.45) is 5.92 Å². The van der Waals surface area contributed by atoms with Crippen LogP contribution < -0.4 is 0 Å². The summed E-state index contributed by atoms with van der Waals surface area (Å²) in [5.41, 5.74) is -0.0331. The Morgan fingerprint density at radius 2 is 2.22 bits per heavy atom. The highest BCUT2D eigenvalue weighted by molar-refractivity contribution is 5.78. The van der Waals surface area contributed by atoms with E-state index in [9.17, 15) is 19.3 Å². The smallest absolute Gasteiger partial charge is 0.272 e. The highest BCUT2D eigenvalue weighted by Gasteiger charge is 2.21. The van der Waals surface area contributed by atoms with Crippen molar-refractivity contribution in [3.8, 4) is 0 Å². The van der Waals surface area contributed by atoms with Crippen LogP contribution in [0.5, 0.6) is 0 Å². The number of carbonyl (C=O) groups excluding carboxylic acids is 1. The first-order chi connectivity index (χ1) is 8.45. The molecule has 1 unspecified atom stereocenters. The van der Waals surface area contributed by atoms with Crippen LogP contribution in [0.15, 0.2) is 18.2 Å². The van der Waals surface area contributed by atoms with Gasteiger partial charge in [-0.25, -0.2) is 4.39 Å². The Morgan fingerprint density at radius 1 is 1.56 bits per heavy atom. The number of nitro groups is 1. The van der Waals surface area contributed by atoms with Crippen LogP contribution in [-0.4, -0.2) is 22.4 Å². The predicted molar refractivity (Wildman–Crippen MR) is 62.6 cm³/mol. The van der Waals surface area contributed by atoms with Crippen molar-refractivity contribution in [1.82, 2.24) is 0 Å². The van der Waals surface area contributed by atoms with Gasteiger partial charge in [-0.2, -0.15) is 0 Å². The van der Waals surface area contributed by atoms with Crippen molar-refractivity contribution in [2.45, 2.75) is 19.8 Å². The number of aliphatic hydroxyl groups is 1. The summed E-state index contributed by atoms with van der Waals surface area (Å²) in [6, 6.07) is 3.16. The molecule has 0 aliphatic rings. The first-order valence-corrected chi connectivity index (χ1v) is 5.49. The molecular weight excluding hydrogens is 241 g/mol. The number of hydrogen-bond acceptors (Lipinski definition) is 4. The lowest BCUT2D eigenvalue weighted by Gasteiger charge is -2.12. The van der Waals surface area contributed by atoms with Crippen molar-refractivity contribution in [2.75, 3.05) is 6.61 Å². The number of rotatable bonds is 6. The van der Waals surface area contributed by atoms with Crippen LogP contribution in [0.25, 0.3) is 0 Å². The Bertz CT molecular complexity index is 461. The number of ketones is 1. The van der Waals surface area contributed by atoms with Crippen LogP contribution in [0.1, 0.15) is 18.9 Å². The zero-order chi connectivity index (χ0) is 13.7. The van der Waals surface area contributed by atoms with Crippen molar-refractivity contribution in [1.29, 1.82) is 0 Å². The number of aliphatic hydroxyl groups excluding tert-OH is 1. The molecule has 5 nitrogen and oxygen atoms in total. The van der Waals surface area contributed by atoms with E-state index < -0.39 is 16.7 Å². The van der Waals surface area contributed by atoms with Gasteiger partial charge in [0.25, 0.3) is 5.69 Å². The number of carbonyl (C=O) groups is 1. The number of nitro benzene ring substituents is 1. The van der Waals surface area contributed by atoms with Gasteiger partial charge in [0.2, 0.25) is 0 Å². The maximum Gasteiger partial charge on any atom is 0.272 e. The lowest BCUT2D eigenvalue weighted by atomic mass is 9.92. The Hall–Kier alpha value is -1.82. The molecule has 0 aliphatic heterocycles. The molecule has 0 heterocycles. The molecule has 18 heavy (non-hydrogen) atoms. The van der Waals surface area contributed by atoms with E-state index in [1.807, 2.05) is 0 Å². The summed E-state index contributed by atoms with van der Waals surface area (Å²) in [5, 5.41) is 19.6. The molecule has 0 aromatic heterocycles. The molecule has 0 fully saturated rings. The topological polar surface area (TPSA) is 80.4 Å². The van der Waals surface area contributed by atoms with E-state index in [4.69, 9.17) is 5.11 Å². The second-order valence-electron chi connectivity index (χ2n) is 4.05. The van der Waals surface area contributed by atoms with Crippen molar-refractivity contribution >= 4 is 11.5 Å². The fourth-order valence-electron chi connectivity index (χ4n) is 1.77. The van der Waals surface area contributed by atoms with E-state index >= 15 is 0 Å². The van der Waals surface area contributed by atoms with Gasteiger partial charge in [0, 0.05) is 24.2 Å². The predicted octanol–water partition coefficient (Wildman–Crippen LogP) is 1.86. The third-order valence-electron chi connectivity index (χ3n) is 2.76. The van der Waals surface area contributed by atoms with E-state index in [1.54, 1.807) is 0 Å². The molecule has 1 N–H and O–H groups in total. The first-order valence-electron chi connectivity index (χ1n) is 5.49. The first kappa shape index (κ1) is 14.2. The summed E-state index contributed by atoms with van der Waals surface area (Å²) >= 11 is 0. The molecular formula is C12H14FNO4. The largest absolute Gasteiger partial charge is 0.396 e. The highest BCUT2D eigenvalue weighted by Crippen LogP contribution is 2.24. The molecule has 0 bridgehead atoms. The standard InChI is InChI=1S/C12H14FNO4/c1-8(16)9(4-5-15)6-10-7-11(13)2-3-12(10)14(17)18/h2-3,7,9,15H,4-6H2,1H3. The van der Waals surface area contributed by atoms with Crippen molar-refractivity contribution in [3.05, 3.63) is 39.7 Å². The van der Waals surface area contributed by atoms with Gasteiger partial charge < -0.3 is 5.11 Å². The summed E-state index contributed by atoms with van der Waals surface area (Å²) < 4.78 is 13.1. The molecule has 98 valence electrons. The second kappa shape index (κ2) is 6.20. The monoisotopic (exact) mass is 255 g/mol. The molecule has 1 aromatic rings. The lowest BCUT2D eigenvalue weighted by Crippen LogP contribution is -2.16. The van der Waals surface area contributed by atoms with Gasteiger partial charge >= 0.3 is 0 Å². The summed E-state index contributed by atoms with van der Waals surface area (Å²) in [5.74, 6) is -1.29. The quantitative estimate of drug-likeness (QED) is 0.621. The van der Waals surface area contributed by atoms with Gasteiger partial charge in [0.1, 0.15) is 11.6 Å². The van der Waals surface area contributed by atoms with Gasteiger partial charge in [0.05, 0.1) is 4.92 Å². The maximum absolute atomic E-state index is 13.1. The zero-order valence-electron chi connectivity index (χ0n) is 9.93. The van der Waals surface area contributed by atoms with Crippen LogP contribution in [-0.2, 0) is 11.2 Å². The van der Waals surface area contributed by atoms with Crippen LogP contribution >= 0.6 is 0 Å². The van der Waals surface area contributed by atoms with Crippen LogP contribution in [0.3, 0.4) is 0 Å². The number of Topliss-reactive ketones (excluding diaryl/α,β-unsaturated/α-hetero) is 1. The molecule has 1 aromatic carbocycles. The van der Waals surface area contributed by atoms with Crippen LogP contribution in [0, 0.1) is 21.8 Å². The summed E-state index contributed by atoms with van der Waals surface area (Å²) in [7, 11) is 0. The minimum atomic E-state index is -0.606. The third-order valence-corrected chi connectivity index (χ3v) is 2.76. The van der Waals surface area contributed by atoms with Gasteiger partial charge in [-0.1, -0.05) is 0 Å². The van der Waals surface area contributed by atoms with E-state index in [0.29, 0.717) is 0 Å². The molecule has 0 radical (unpaired) electrons. The number of nitrogens with zero attached hydrogens (tertiary/aromatic N) is 1. The number of halogens is 1. The molecule has 0 amide bonds. The van der Waals surface area contributed by atoms with Crippen LogP contribution in [0.4, 0.5) is 10.1 Å². The van der Waals surface area contributed by atoms with Crippen molar-refractivity contribution in [3.63, 3.8) is 0 Å². The zero-order valence-corrected chi connectivity index (χ0v) is 9.93. The summed E-state index contributed by atoms with van der Waals surface area (Å²) in [6.07, 6.45) is 0.271. The second-order valence-corrected chi connectivity index (χ2v) is 4.05. The highest BCUT2D eigenvalue weighted by atomic mass is 19.1. The van der Waals surface area contributed by atoms with Gasteiger partial charge in [-0.3, -0.25) is 14.9 Å². The Morgan fingerprint density at radius 3 is 2.72 bits per heavy atom. The summed E-state index contributed by atoms with van der Waals surface area (Å²) in [4.78, 5) is 21.5. The normalized spacial score (nSPS) is 12.2. The molecule has 0 spiro atoms. The van der Waals surface area contributed by atoms with Gasteiger partial charge in [0.15, 0.2) is 0 Å². The minimum Gasteiger partial charge on any atom is -0.396 e. The fraction of sp³-hybridized carbons (Fsp3) is 0.417. The van der Waals surface area contributed by atoms with E-state index in [1.165, 1.54) is 6.92 Å². The Kier molecular flexibility index (Phi) is 4.91. The molecule has 6 heteroatoms.